The van der Waals surface area contributed by atoms with Gasteiger partial charge in [-0.05, 0) is 42.2 Å². The van der Waals surface area contributed by atoms with Crippen molar-refractivity contribution in [2.75, 3.05) is 0 Å². The predicted octanol–water partition coefficient (Wildman–Crippen LogP) is 5.37. The summed E-state index contributed by atoms with van der Waals surface area (Å²) >= 11 is 3.37. The van der Waals surface area contributed by atoms with Crippen molar-refractivity contribution in [1.29, 1.82) is 0 Å². The molecule has 0 aliphatic carbocycles. The van der Waals surface area contributed by atoms with Crippen molar-refractivity contribution in [2.45, 2.75) is 26.2 Å². The van der Waals surface area contributed by atoms with Crippen molar-refractivity contribution in [1.82, 2.24) is 0 Å². The summed E-state index contributed by atoms with van der Waals surface area (Å²) in [5.41, 5.74) is 2.74. The highest BCUT2D eigenvalue weighted by Crippen LogP contribution is 2.31. The summed E-state index contributed by atoms with van der Waals surface area (Å²) in [6, 6.07) is 13.1. The standard InChI is InChI=1S/C16H16BrNO2/c1-2-3-4-12-5-10-15(16(11-12)18(19)20)13-6-8-14(17)9-7-13/h5-11H,2-4H2,1H3. The molecule has 0 saturated carbocycles. The molecular formula is C16H16BrNO2. The third kappa shape index (κ3) is 3.45. The lowest BCUT2D eigenvalue weighted by molar-refractivity contribution is -0.384. The first-order valence-electron chi connectivity index (χ1n) is 6.65. The van der Waals surface area contributed by atoms with E-state index < -0.39 is 0 Å². The summed E-state index contributed by atoms with van der Waals surface area (Å²) in [5, 5.41) is 11.3. The summed E-state index contributed by atoms with van der Waals surface area (Å²) < 4.78 is 0.962. The molecule has 2 rings (SSSR count). The van der Waals surface area contributed by atoms with Gasteiger partial charge in [0.05, 0.1) is 10.5 Å². The van der Waals surface area contributed by atoms with E-state index in [1.165, 1.54) is 0 Å². The minimum Gasteiger partial charge on any atom is -0.258 e. The van der Waals surface area contributed by atoms with E-state index in [0.717, 1.165) is 34.9 Å². The molecule has 0 bridgehead atoms. The summed E-state index contributed by atoms with van der Waals surface area (Å²) in [6.45, 7) is 2.12. The van der Waals surface area contributed by atoms with Gasteiger partial charge in [-0.2, -0.15) is 0 Å². The lowest BCUT2D eigenvalue weighted by atomic mass is 9.99. The fourth-order valence-corrected chi connectivity index (χ4v) is 2.40. The van der Waals surface area contributed by atoms with E-state index >= 15 is 0 Å². The fourth-order valence-electron chi connectivity index (χ4n) is 2.14. The average molecular weight is 334 g/mol. The van der Waals surface area contributed by atoms with Crippen LogP contribution in [0.2, 0.25) is 0 Å². The highest BCUT2D eigenvalue weighted by atomic mass is 79.9. The Morgan fingerprint density at radius 3 is 2.45 bits per heavy atom. The summed E-state index contributed by atoms with van der Waals surface area (Å²) in [6.07, 6.45) is 3.02. The molecule has 0 aliphatic rings. The lowest BCUT2D eigenvalue weighted by Crippen LogP contribution is -1.95. The second-order valence-corrected chi connectivity index (χ2v) is 5.63. The molecule has 0 saturated heterocycles. The van der Waals surface area contributed by atoms with E-state index in [1.807, 2.05) is 36.4 Å². The second-order valence-electron chi connectivity index (χ2n) is 4.72. The Bertz CT molecular complexity index is 608. The van der Waals surface area contributed by atoms with Crippen LogP contribution in [-0.4, -0.2) is 4.92 Å². The number of nitro benzene ring substituents is 1. The lowest BCUT2D eigenvalue weighted by Gasteiger charge is -2.06. The zero-order valence-electron chi connectivity index (χ0n) is 11.3. The van der Waals surface area contributed by atoms with Gasteiger partial charge in [0.15, 0.2) is 0 Å². The van der Waals surface area contributed by atoms with Gasteiger partial charge in [0.25, 0.3) is 5.69 Å². The molecule has 0 unspecified atom stereocenters. The van der Waals surface area contributed by atoms with Crippen molar-refractivity contribution in [3.63, 3.8) is 0 Å². The Morgan fingerprint density at radius 2 is 1.85 bits per heavy atom. The van der Waals surface area contributed by atoms with Crippen LogP contribution in [0, 0.1) is 10.1 Å². The van der Waals surface area contributed by atoms with Crippen LogP contribution >= 0.6 is 15.9 Å². The van der Waals surface area contributed by atoms with Gasteiger partial charge in [0, 0.05) is 10.5 Å². The molecule has 20 heavy (non-hydrogen) atoms. The molecule has 2 aromatic carbocycles. The number of aryl methyl sites for hydroxylation is 1. The summed E-state index contributed by atoms with van der Waals surface area (Å²) in [5.74, 6) is 0. The number of hydrogen-bond acceptors (Lipinski definition) is 2. The van der Waals surface area contributed by atoms with Gasteiger partial charge < -0.3 is 0 Å². The number of halogens is 1. The zero-order valence-corrected chi connectivity index (χ0v) is 12.9. The van der Waals surface area contributed by atoms with Gasteiger partial charge in [-0.15, -0.1) is 0 Å². The van der Waals surface area contributed by atoms with Crippen LogP contribution in [0.5, 0.6) is 0 Å². The van der Waals surface area contributed by atoms with E-state index in [9.17, 15) is 10.1 Å². The van der Waals surface area contributed by atoms with Crippen LogP contribution in [0.1, 0.15) is 25.3 Å². The minimum atomic E-state index is -0.299. The third-order valence-electron chi connectivity index (χ3n) is 3.23. The highest BCUT2D eigenvalue weighted by molar-refractivity contribution is 9.10. The zero-order chi connectivity index (χ0) is 14.5. The maximum absolute atomic E-state index is 11.3. The van der Waals surface area contributed by atoms with Gasteiger partial charge in [0.2, 0.25) is 0 Å². The maximum Gasteiger partial charge on any atom is 0.277 e. The topological polar surface area (TPSA) is 43.1 Å². The Balaban J connectivity index is 2.42. The molecule has 0 radical (unpaired) electrons. The largest absolute Gasteiger partial charge is 0.277 e. The van der Waals surface area contributed by atoms with Crippen LogP contribution in [-0.2, 0) is 6.42 Å². The van der Waals surface area contributed by atoms with Crippen LogP contribution in [0.3, 0.4) is 0 Å². The van der Waals surface area contributed by atoms with Crippen molar-refractivity contribution < 1.29 is 4.92 Å². The number of unbranched alkanes of at least 4 members (excludes halogenated alkanes) is 1. The smallest absolute Gasteiger partial charge is 0.258 e. The first kappa shape index (κ1) is 14.7. The van der Waals surface area contributed by atoms with Crippen molar-refractivity contribution >= 4 is 21.6 Å². The van der Waals surface area contributed by atoms with Gasteiger partial charge in [-0.25, -0.2) is 0 Å². The van der Waals surface area contributed by atoms with Crippen molar-refractivity contribution in [3.8, 4) is 11.1 Å². The molecule has 0 N–H and O–H groups in total. The quantitative estimate of drug-likeness (QED) is 0.545. The number of benzene rings is 2. The molecule has 0 fully saturated rings. The SMILES string of the molecule is CCCCc1ccc(-c2ccc(Br)cc2)c([N+](=O)[O-])c1. The second kappa shape index (κ2) is 6.66. The fraction of sp³-hybridized carbons (Fsp3) is 0.250. The monoisotopic (exact) mass is 333 g/mol. The van der Waals surface area contributed by atoms with Crippen LogP contribution in [0.25, 0.3) is 11.1 Å². The number of nitrogens with zero attached hydrogens (tertiary/aromatic N) is 1. The Morgan fingerprint density at radius 1 is 1.15 bits per heavy atom. The molecule has 0 heterocycles. The third-order valence-corrected chi connectivity index (χ3v) is 3.76. The Kier molecular flexibility index (Phi) is 4.90. The van der Waals surface area contributed by atoms with Crippen molar-refractivity contribution in [2.24, 2.45) is 0 Å². The molecule has 0 amide bonds. The highest BCUT2D eigenvalue weighted by Gasteiger charge is 2.15. The molecule has 3 nitrogen and oxygen atoms in total. The van der Waals surface area contributed by atoms with Crippen LogP contribution in [0.15, 0.2) is 46.9 Å². The first-order valence-corrected chi connectivity index (χ1v) is 7.44. The molecule has 4 heteroatoms. The van der Waals surface area contributed by atoms with Crippen LogP contribution in [0.4, 0.5) is 5.69 Å². The van der Waals surface area contributed by atoms with Gasteiger partial charge >= 0.3 is 0 Å². The molecule has 0 atom stereocenters. The van der Waals surface area contributed by atoms with Crippen LogP contribution < -0.4 is 0 Å². The van der Waals surface area contributed by atoms with E-state index in [1.54, 1.807) is 6.07 Å². The molecule has 0 spiro atoms. The molecule has 0 aromatic heterocycles. The van der Waals surface area contributed by atoms with Gasteiger partial charge in [0.1, 0.15) is 0 Å². The van der Waals surface area contributed by atoms with Crippen molar-refractivity contribution in [3.05, 3.63) is 62.6 Å². The Hall–Kier alpha value is -1.68. The van der Waals surface area contributed by atoms with E-state index in [4.69, 9.17) is 0 Å². The number of rotatable bonds is 5. The summed E-state index contributed by atoms with van der Waals surface area (Å²) in [7, 11) is 0. The van der Waals surface area contributed by atoms with E-state index in [-0.39, 0.29) is 10.6 Å². The molecule has 104 valence electrons. The van der Waals surface area contributed by atoms with Gasteiger partial charge in [-0.1, -0.05) is 47.5 Å². The average Bonchev–Trinajstić information content (AvgIpc) is 2.45. The first-order chi connectivity index (χ1) is 9.61. The summed E-state index contributed by atoms with van der Waals surface area (Å²) in [4.78, 5) is 11.0. The number of hydrogen-bond donors (Lipinski definition) is 0. The van der Waals surface area contributed by atoms with E-state index in [0.29, 0.717) is 5.56 Å². The maximum atomic E-state index is 11.3. The minimum absolute atomic E-state index is 0.181. The Labute approximate surface area is 126 Å². The number of nitro groups is 1. The molecule has 2 aromatic rings. The molecular weight excluding hydrogens is 318 g/mol. The molecule has 0 aliphatic heterocycles. The van der Waals surface area contributed by atoms with Gasteiger partial charge in [-0.3, -0.25) is 10.1 Å². The normalized spacial score (nSPS) is 10.5. The predicted molar refractivity (Wildman–Crippen MR) is 84.8 cm³/mol. The van der Waals surface area contributed by atoms with E-state index in [2.05, 4.69) is 22.9 Å².